The van der Waals surface area contributed by atoms with Gasteiger partial charge in [0.25, 0.3) is 0 Å². The van der Waals surface area contributed by atoms with Gasteiger partial charge in [-0.05, 0) is 58.2 Å². The number of carbonyl (C=O) groups excluding carboxylic acids is 2. The van der Waals surface area contributed by atoms with Crippen molar-refractivity contribution in [2.24, 2.45) is 0 Å². The second kappa shape index (κ2) is 8.95. The van der Waals surface area contributed by atoms with E-state index in [4.69, 9.17) is 9.47 Å². The van der Waals surface area contributed by atoms with Gasteiger partial charge in [-0.25, -0.2) is 9.59 Å². The maximum atomic E-state index is 12.3. The summed E-state index contributed by atoms with van der Waals surface area (Å²) in [5, 5.41) is 3.70. The van der Waals surface area contributed by atoms with Gasteiger partial charge in [0.15, 0.2) is 0 Å². The normalized spacial score (nSPS) is 12.4. The molecule has 152 valence electrons. The molecule has 1 aromatic heterocycles. The first kappa shape index (κ1) is 21.5. The molecule has 6 nitrogen and oxygen atoms in total. The van der Waals surface area contributed by atoms with E-state index in [-0.39, 0.29) is 0 Å². The number of ether oxygens (including phenoxy) is 2. The fourth-order valence-electron chi connectivity index (χ4n) is 2.99. The first-order chi connectivity index (χ1) is 13.1. The van der Waals surface area contributed by atoms with Crippen LogP contribution in [0.1, 0.15) is 45.7 Å². The zero-order valence-electron chi connectivity index (χ0n) is 17.5. The van der Waals surface area contributed by atoms with Gasteiger partial charge >= 0.3 is 12.1 Å². The van der Waals surface area contributed by atoms with Gasteiger partial charge in [-0.2, -0.15) is 0 Å². The number of rotatable bonds is 6. The van der Waals surface area contributed by atoms with Crippen molar-refractivity contribution in [3.05, 3.63) is 47.2 Å². The predicted molar refractivity (Wildman–Crippen MR) is 110 cm³/mol. The Morgan fingerprint density at radius 3 is 2.54 bits per heavy atom. The number of aromatic amines is 1. The molecule has 0 unspecified atom stereocenters. The van der Waals surface area contributed by atoms with Crippen LogP contribution in [0.3, 0.4) is 0 Å². The standard InChI is InChI=1S/C22H30N2O4/c1-14(2)10-11-15-8-7-9-17-19(15)16(13-23-17)12-18(20(25)27-6)24-21(26)28-22(3,4)5/h7-10,13,18,23H,11-12H2,1-6H3,(H,24,26)/t18-/m0/s1. The van der Waals surface area contributed by atoms with Crippen LogP contribution in [0, 0.1) is 0 Å². The van der Waals surface area contributed by atoms with Crippen LogP contribution in [0.25, 0.3) is 10.9 Å². The molecular formula is C22H30N2O4. The average Bonchev–Trinajstić information content (AvgIpc) is 3.00. The van der Waals surface area contributed by atoms with Gasteiger partial charge < -0.3 is 19.8 Å². The molecular weight excluding hydrogens is 356 g/mol. The molecule has 0 saturated heterocycles. The summed E-state index contributed by atoms with van der Waals surface area (Å²) in [5.41, 5.74) is 3.70. The Morgan fingerprint density at radius 1 is 1.21 bits per heavy atom. The van der Waals surface area contributed by atoms with Crippen molar-refractivity contribution < 1.29 is 19.1 Å². The molecule has 0 aliphatic rings. The van der Waals surface area contributed by atoms with Gasteiger partial charge in [-0.15, -0.1) is 0 Å². The summed E-state index contributed by atoms with van der Waals surface area (Å²) in [7, 11) is 1.31. The summed E-state index contributed by atoms with van der Waals surface area (Å²) >= 11 is 0. The molecule has 0 fully saturated rings. The number of methoxy groups -OCH3 is 1. The summed E-state index contributed by atoms with van der Waals surface area (Å²) in [4.78, 5) is 27.7. The number of allylic oxidation sites excluding steroid dienone is 2. The number of aromatic nitrogens is 1. The van der Waals surface area contributed by atoms with Crippen LogP contribution in [-0.4, -0.2) is 35.8 Å². The van der Waals surface area contributed by atoms with Gasteiger partial charge in [0.05, 0.1) is 7.11 Å². The molecule has 1 amide bonds. The highest BCUT2D eigenvalue weighted by Crippen LogP contribution is 2.25. The zero-order chi connectivity index (χ0) is 20.9. The molecule has 0 saturated carbocycles. The molecule has 1 heterocycles. The minimum absolute atomic E-state index is 0.303. The minimum Gasteiger partial charge on any atom is -0.467 e. The molecule has 28 heavy (non-hydrogen) atoms. The van der Waals surface area contributed by atoms with E-state index in [0.717, 1.165) is 28.5 Å². The number of hydrogen-bond donors (Lipinski definition) is 2. The Bertz CT molecular complexity index is 870. The van der Waals surface area contributed by atoms with Gasteiger partial charge in [0, 0.05) is 23.5 Å². The monoisotopic (exact) mass is 386 g/mol. The van der Waals surface area contributed by atoms with Crippen LogP contribution in [0.5, 0.6) is 0 Å². The SMILES string of the molecule is COC(=O)[C@H](Cc1c[nH]c2cccc(CC=C(C)C)c12)NC(=O)OC(C)(C)C. The lowest BCUT2D eigenvalue weighted by Crippen LogP contribution is -2.45. The highest BCUT2D eigenvalue weighted by atomic mass is 16.6. The largest absolute Gasteiger partial charge is 0.467 e. The molecule has 0 bridgehead atoms. The topological polar surface area (TPSA) is 80.4 Å². The van der Waals surface area contributed by atoms with Crippen molar-refractivity contribution in [2.75, 3.05) is 7.11 Å². The molecule has 2 rings (SSSR count). The van der Waals surface area contributed by atoms with Gasteiger partial charge in [0.2, 0.25) is 0 Å². The third-order valence-corrected chi connectivity index (χ3v) is 4.20. The summed E-state index contributed by atoms with van der Waals surface area (Å²) < 4.78 is 10.2. The second-order valence-electron chi connectivity index (χ2n) is 8.07. The van der Waals surface area contributed by atoms with E-state index >= 15 is 0 Å². The van der Waals surface area contributed by atoms with E-state index < -0.39 is 23.7 Å². The average molecular weight is 386 g/mol. The Morgan fingerprint density at radius 2 is 1.93 bits per heavy atom. The van der Waals surface area contributed by atoms with Crippen LogP contribution >= 0.6 is 0 Å². The third kappa shape index (κ3) is 5.87. The van der Waals surface area contributed by atoms with E-state index in [0.29, 0.717) is 6.42 Å². The van der Waals surface area contributed by atoms with Crippen LogP contribution in [-0.2, 0) is 27.1 Å². The highest BCUT2D eigenvalue weighted by molar-refractivity contribution is 5.88. The quantitative estimate of drug-likeness (QED) is 0.573. The number of hydrogen-bond acceptors (Lipinski definition) is 4. The number of carbonyl (C=O) groups is 2. The van der Waals surface area contributed by atoms with Crippen LogP contribution < -0.4 is 5.32 Å². The molecule has 2 N–H and O–H groups in total. The van der Waals surface area contributed by atoms with Crippen LogP contribution in [0.15, 0.2) is 36.0 Å². The number of fused-ring (bicyclic) bond motifs is 1. The second-order valence-corrected chi connectivity index (χ2v) is 8.07. The Balaban J connectivity index is 2.31. The lowest BCUT2D eigenvalue weighted by Gasteiger charge is -2.22. The lowest BCUT2D eigenvalue weighted by atomic mass is 9.98. The number of benzene rings is 1. The highest BCUT2D eigenvalue weighted by Gasteiger charge is 2.26. The number of amides is 1. The number of nitrogens with one attached hydrogen (secondary N) is 2. The van der Waals surface area contributed by atoms with Gasteiger partial charge in [0.1, 0.15) is 11.6 Å². The first-order valence-corrected chi connectivity index (χ1v) is 9.39. The molecule has 0 spiro atoms. The van der Waals surface area contributed by atoms with Gasteiger partial charge in [-0.3, -0.25) is 0 Å². The van der Waals surface area contributed by atoms with Crippen molar-refractivity contribution in [3.8, 4) is 0 Å². The van der Waals surface area contributed by atoms with E-state index in [2.05, 4.69) is 36.3 Å². The van der Waals surface area contributed by atoms with Crippen LogP contribution in [0.4, 0.5) is 4.79 Å². The van der Waals surface area contributed by atoms with Crippen molar-refractivity contribution in [2.45, 2.75) is 59.1 Å². The zero-order valence-corrected chi connectivity index (χ0v) is 17.5. The molecule has 6 heteroatoms. The fourth-order valence-corrected chi connectivity index (χ4v) is 2.99. The number of alkyl carbamates (subject to hydrolysis) is 1. The summed E-state index contributed by atoms with van der Waals surface area (Å²) in [6, 6.07) is 5.25. The van der Waals surface area contributed by atoms with Crippen molar-refractivity contribution in [1.29, 1.82) is 0 Å². The molecule has 0 aliphatic carbocycles. The maximum Gasteiger partial charge on any atom is 0.408 e. The Hall–Kier alpha value is -2.76. The summed E-state index contributed by atoms with van der Waals surface area (Å²) in [5.74, 6) is -0.512. The molecule has 1 aromatic carbocycles. The summed E-state index contributed by atoms with van der Waals surface area (Å²) in [6.07, 6.45) is 4.50. The summed E-state index contributed by atoms with van der Waals surface area (Å²) in [6.45, 7) is 9.45. The minimum atomic E-state index is -0.838. The van der Waals surface area contributed by atoms with Gasteiger partial charge in [-0.1, -0.05) is 23.8 Å². The van der Waals surface area contributed by atoms with Crippen molar-refractivity contribution >= 4 is 23.0 Å². The number of H-pyrrole nitrogens is 1. The molecule has 1 atom stereocenters. The Labute approximate surface area is 166 Å². The third-order valence-electron chi connectivity index (χ3n) is 4.20. The van der Waals surface area contributed by atoms with E-state index in [1.54, 1.807) is 20.8 Å². The van der Waals surface area contributed by atoms with Crippen molar-refractivity contribution in [1.82, 2.24) is 10.3 Å². The first-order valence-electron chi connectivity index (χ1n) is 9.39. The maximum absolute atomic E-state index is 12.3. The van der Waals surface area contributed by atoms with E-state index in [9.17, 15) is 9.59 Å². The van der Waals surface area contributed by atoms with Crippen molar-refractivity contribution in [3.63, 3.8) is 0 Å². The smallest absolute Gasteiger partial charge is 0.408 e. The van der Waals surface area contributed by atoms with E-state index in [1.165, 1.54) is 12.7 Å². The van der Waals surface area contributed by atoms with E-state index in [1.807, 2.05) is 18.3 Å². The number of esters is 1. The predicted octanol–water partition coefficient (Wildman–Crippen LogP) is 4.29. The van der Waals surface area contributed by atoms with Crippen LogP contribution in [0.2, 0.25) is 0 Å². The Kier molecular flexibility index (Phi) is 6.89. The molecule has 0 aliphatic heterocycles. The molecule has 0 radical (unpaired) electrons. The molecule has 2 aromatic rings. The fraction of sp³-hybridized carbons (Fsp3) is 0.455. The lowest BCUT2D eigenvalue weighted by molar-refractivity contribution is -0.143.